The third kappa shape index (κ3) is 33.7. The van der Waals surface area contributed by atoms with Gasteiger partial charge in [-0.2, -0.15) is 0 Å². The van der Waals surface area contributed by atoms with Gasteiger partial charge in [-0.1, -0.05) is 230 Å². The topological polar surface area (TPSA) is 175 Å². The van der Waals surface area contributed by atoms with Crippen molar-refractivity contribution in [2.75, 3.05) is 13.2 Å². The number of unbranched alkanes of at least 4 members (excludes halogenated alkanes) is 27. The number of aliphatic hydroxyl groups is 5. The number of hydrogen-bond acceptors (Lipinski definition) is 10. The van der Waals surface area contributed by atoms with Crippen molar-refractivity contribution in [1.82, 2.24) is 5.32 Å². The molecule has 0 aromatic heterocycles. The summed E-state index contributed by atoms with van der Waals surface area (Å²) in [5.74, 6) is -1.21. The Bertz CT molecular complexity index is 1270. The number of carbonyl (C=O) groups is 2. The molecule has 67 heavy (non-hydrogen) atoms. The van der Waals surface area contributed by atoms with Crippen LogP contribution in [-0.2, 0) is 23.8 Å². The summed E-state index contributed by atoms with van der Waals surface area (Å²) in [7, 11) is 0. The second-order valence-electron chi connectivity index (χ2n) is 19.0. The molecule has 8 atom stereocenters. The maximum absolute atomic E-state index is 13.3. The van der Waals surface area contributed by atoms with Crippen molar-refractivity contribution in [3.8, 4) is 0 Å². The van der Waals surface area contributed by atoms with Crippen LogP contribution < -0.4 is 5.32 Å². The number of carbonyl (C=O) groups excluding carboxylic acids is 2. The number of esters is 1. The van der Waals surface area contributed by atoms with Crippen molar-refractivity contribution >= 4 is 11.9 Å². The molecule has 1 fully saturated rings. The number of hydrogen-bond donors (Lipinski definition) is 6. The summed E-state index contributed by atoms with van der Waals surface area (Å²) >= 11 is 0. The van der Waals surface area contributed by atoms with E-state index in [9.17, 15) is 35.1 Å². The first-order chi connectivity index (χ1) is 32.7. The fraction of sp³-hybridized carbons (Fsp3) is 0.821. The average Bonchev–Trinajstić information content (AvgIpc) is 3.32. The fourth-order valence-electron chi connectivity index (χ4n) is 8.42. The number of rotatable bonds is 45. The Labute approximate surface area is 408 Å². The molecule has 6 N–H and O–H groups in total. The van der Waals surface area contributed by atoms with Crippen LogP contribution in [0.15, 0.2) is 48.6 Å². The summed E-state index contributed by atoms with van der Waals surface area (Å²) in [5, 5.41) is 56.7. The Kier molecular flexibility index (Phi) is 41.9. The van der Waals surface area contributed by atoms with Gasteiger partial charge in [-0.05, 0) is 44.9 Å². The van der Waals surface area contributed by atoms with E-state index < -0.39 is 67.4 Å². The zero-order valence-corrected chi connectivity index (χ0v) is 42.8. The van der Waals surface area contributed by atoms with Gasteiger partial charge in [0.2, 0.25) is 5.91 Å². The van der Waals surface area contributed by atoms with Gasteiger partial charge in [0.25, 0.3) is 0 Å². The smallest absolute Gasteiger partial charge is 0.306 e. The predicted octanol–water partition coefficient (Wildman–Crippen LogP) is 11.7. The van der Waals surface area contributed by atoms with Crippen LogP contribution in [0.25, 0.3) is 0 Å². The number of ether oxygens (including phenoxy) is 3. The Morgan fingerprint density at radius 1 is 0.597 bits per heavy atom. The molecule has 0 aromatic carbocycles. The van der Waals surface area contributed by atoms with Gasteiger partial charge in [-0.25, -0.2) is 0 Å². The van der Waals surface area contributed by atoms with E-state index in [1.54, 1.807) is 6.08 Å². The minimum absolute atomic E-state index is 0.124. The highest BCUT2D eigenvalue weighted by Crippen LogP contribution is 2.26. The molecule has 1 aliphatic heterocycles. The van der Waals surface area contributed by atoms with Crippen LogP contribution in [0.2, 0.25) is 0 Å². The van der Waals surface area contributed by atoms with E-state index in [1.165, 1.54) is 103 Å². The van der Waals surface area contributed by atoms with Crippen LogP contribution in [0, 0.1) is 0 Å². The van der Waals surface area contributed by atoms with Gasteiger partial charge in [-0.15, -0.1) is 0 Å². The minimum Gasteiger partial charge on any atom is -0.454 e. The molecule has 1 saturated heterocycles. The lowest BCUT2D eigenvalue weighted by Crippen LogP contribution is -2.61. The standard InChI is InChI=1S/C56H101NO10/c1-4-7-10-13-16-19-22-24-26-29-31-34-37-40-43-49(60)55(64)57-47(48(59)42-39-36-33-30-28-25-23-20-17-14-11-8-5-2)46-65-56-54(53(63)52(62)50(45-58)66-56)67-51(61)44-41-38-35-32-27-21-18-15-12-9-6-3/h7,10,13,16,19,22,39,42,47-50,52-54,56,58-60,62-63H,4-6,8-9,11-12,14-15,17-18,20-21,23-38,40-41,43-46H2,1-3H3,(H,57,64)/b10-7+,16-13+,22-19+,42-39+. The number of nitrogens with one attached hydrogen (secondary N) is 1. The van der Waals surface area contributed by atoms with Crippen LogP contribution >= 0.6 is 0 Å². The molecular formula is C56H101NO10. The maximum atomic E-state index is 13.3. The third-order valence-electron chi connectivity index (χ3n) is 12.8. The molecule has 1 heterocycles. The minimum atomic E-state index is -1.61. The Balaban J connectivity index is 2.78. The quantitative estimate of drug-likeness (QED) is 0.0149. The van der Waals surface area contributed by atoms with E-state index >= 15 is 0 Å². The van der Waals surface area contributed by atoms with Gasteiger partial charge >= 0.3 is 5.97 Å². The van der Waals surface area contributed by atoms with Crippen LogP contribution in [-0.4, -0.2) is 99.6 Å². The normalized spacial score (nSPS) is 20.4. The first kappa shape index (κ1) is 62.6. The molecular weight excluding hydrogens is 847 g/mol. The van der Waals surface area contributed by atoms with Gasteiger partial charge in [0.15, 0.2) is 12.4 Å². The van der Waals surface area contributed by atoms with E-state index in [1.807, 2.05) is 18.2 Å². The first-order valence-electron chi connectivity index (χ1n) is 27.4. The van der Waals surface area contributed by atoms with Crippen molar-refractivity contribution in [2.24, 2.45) is 0 Å². The first-order valence-corrected chi connectivity index (χ1v) is 27.4. The molecule has 0 aliphatic carbocycles. The number of allylic oxidation sites excluding steroid dienone is 7. The van der Waals surface area contributed by atoms with Gasteiger partial charge in [0, 0.05) is 6.42 Å². The van der Waals surface area contributed by atoms with Crippen LogP contribution in [0.1, 0.15) is 233 Å². The number of amides is 1. The summed E-state index contributed by atoms with van der Waals surface area (Å²) in [5.41, 5.74) is 0. The summed E-state index contributed by atoms with van der Waals surface area (Å²) in [6.07, 6.45) is 41.6. The largest absolute Gasteiger partial charge is 0.454 e. The van der Waals surface area contributed by atoms with Crippen LogP contribution in [0.5, 0.6) is 0 Å². The third-order valence-corrected chi connectivity index (χ3v) is 12.8. The number of aliphatic hydroxyl groups excluding tert-OH is 5. The Morgan fingerprint density at radius 3 is 1.60 bits per heavy atom. The van der Waals surface area contributed by atoms with E-state index in [0.717, 1.165) is 83.5 Å². The van der Waals surface area contributed by atoms with E-state index in [-0.39, 0.29) is 19.4 Å². The predicted molar refractivity (Wildman–Crippen MR) is 273 cm³/mol. The highest BCUT2D eigenvalue weighted by molar-refractivity contribution is 5.80. The maximum Gasteiger partial charge on any atom is 0.306 e. The molecule has 8 unspecified atom stereocenters. The van der Waals surface area contributed by atoms with Crippen molar-refractivity contribution in [1.29, 1.82) is 0 Å². The molecule has 1 rings (SSSR count). The van der Waals surface area contributed by atoms with Crippen LogP contribution in [0.3, 0.4) is 0 Å². The lowest BCUT2D eigenvalue weighted by atomic mass is 9.99. The van der Waals surface area contributed by atoms with E-state index in [2.05, 4.69) is 50.4 Å². The molecule has 0 aromatic rings. The van der Waals surface area contributed by atoms with Crippen molar-refractivity contribution in [3.63, 3.8) is 0 Å². The summed E-state index contributed by atoms with van der Waals surface area (Å²) in [6.45, 7) is 5.62. The molecule has 0 radical (unpaired) electrons. The second kappa shape index (κ2) is 44.8. The molecule has 1 amide bonds. The van der Waals surface area contributed by atoms with Crippen LogP contribution in [0.4, 0.5) is 0 Å². The van der Waals surface area contributed by atoms with E-state index in [0.29, 0.717) is 12.8 Å². The van der Waals surface area contributed by atoms with Crippen molar-refractivity contribution < 1.29 is 49.3 Å². The summed E-state index contributed by atoms with van der Waals surface area (Å²) < 4.78 is 17.5. The summed E-state index contributed by atoms with van der Waals surface area (Å²) in [4.78, 5) is 26.4. The molecule has 0 bridgehead atoms. The van der Waals surface area contributed by atoms with Gasteiger partial charge in [0.05, 0.1) is 25.4 Å². The summed E-state index contributed by atoms with van der Waals surface area (Å²) in [6, 6.07) is -1.03. The zero-order chi connectivity index (χ0) is 49.0. The highest BCUT2D eigenvalue weighted by Gasteiger charge is 2.47. The molecule has 1 aliphatic rings. The molecule has 0 spiro atoms. The second-order valence-corrected chi connectivity index (χ2v) is 19.0. The van der Waals surface area contributed by atoms with Crippen molar-refractivity contribution in [3.05, 3.63) is 48.6 Å². The molecule has 0 saturated carbocycles. The molecule has 390 valence electrons. The molecule has 11 nitrogen and oxygen atoms in total. The molecule has 11 heteroatoms. The highest BCUT2D eigenvalue weighted by atomic mass is 16.7. The lowest BCUT2D eigenvalue weighted by molar-refractivity contribution is -0.305. The van der Waals surface area contributed by atoms with Gasteiger partial charge in [-0.3, -0.25) is 9.59 Å². The van der Waals surface area contributed by atoms with Gasteiger partial charge in [0.1, 0.15) is 24.4 Å². The van der Waals surface area contributed by atoms with E-state index in [4.69, 9.17) is 14.2 Å². The zero-order valence-electron chi connectivity index (χ0n) is 42.8. The fourth-order valence-corrected chi connectivity index (χ4v) is 8.42. The Morgan fingerprint density at radius 2 is 1.07 bits per heavy atom. The Hall–Kier alpha value is -2.38. The monoisotopic (exact) mass is 948 g/mol. The van der Waals surface area contributed by atoms with Crippen molar-refractivity contribution in [2.45, 2.75) is 282 Å². The lowest BCUT2D eigenvalue weighted by Gasteiger charge is -2.41. The van der Waals surface area contributed by atoms with Gasteiger partial charge < -0.3 is 45.1 Å². The average molecular weight is 948 g/mol. The SMILES string of the molecule is CC/C=C/C=C/C=C/CCCCCCCCC(O)C(=O)NC(COC1OC(CO)C(O)C(O)C1OC(=O)CCCCCCCCCCCCC)C(O)/C=C/CCCCCCCCCCCCC.